The molecule has 100 valence electrons. The van der Waals surface area contributed by atoms with Crippen molar-refractivity contribution < 1.29 is 0 Å². The first-order valence-electron chi connectivity index (χ1n) is 6.84. The van der Waals surface area contributed by atoms with E-state index in [9.17, 15) is 0 Å². The number of hydrogen-bond acceptors (Lipinski definition) is 3. The van der Waals surface area contributed by atoms with E-state index >= 15 is 0 Å². The number of nitrogens with zero attached hydrogens (tertiary/aromatic N) is 4. The van der Waals surface area contributed by atoms with Crippen molar-refractivity contribution in [3.8, 4) is 11.4 Å². The number of likely N-dealkylation sites (tertiary alicyclic amines) is 1. The van der Waals surface area contributed by atoms with Crippen LogP contribution < -0.4 is 0 Å². The fraction of sp³-hybridized carbons (Fsp3) is 0.467. The maximum atomic E-state index is 4.57. The summed E-state index contributed by atoms with van der Waals surface area (Å²) in [7, 11) is 4.14. The van der Waals surface area contributed by atoms with E-state index in [4.69, 9.17) is 0 Å². The Morgan fingerprint density at radius 2 is 2.16 bits per heavy atom. The molecular formula is C15H20N4. The van der Waals surface area contributed by atoms with Crippen LogP contribution in [0, 0.1) is 5.92 Å². The Morgan fingerprint density at radius 3 is 2.74 bits per heavy atom. The largest absolute Gasteiger partial charge is 0.306 e. The first-order valence-corrected chi connectivity index (χ1v) is 6.84. The molecule has 4 heteroatoms. The summed E-state index contributed by atoms with van der Waals surface area (Å²) in [6.45, 7) is 2.44. The number of rotatable bonds is 3. The SMILES string of the molecule is CN1CCC(Cc2ccc(-c3ccnn3C)nc2)C1. The van der Waals surface area contributed by atoms with E-state index in [1.54, 1.807) is 6.20 Å². The third-order valence-corrected chi connectivity index (χ3v) is 3.92. The second-order valence-electron chi connectivity index (χ2n) is 5.51. The zero-order valence-electron chi connectivity index (χ0n) is 11.6. The lowest BCUT2D eigenvalue weighted by atomic mass is 10.00. The molecule has 1 aliphatic rings. The van der Waals surface area contributed by atoms with Crippen molar-refractivity contribution in [3.05, 3.63) is 36.2 Å². The summed E-state index contributed by atoms with van der Waals surface area (Å²) < 4.78 is 1.86. The van der Waals surface area contributed by atoms with Gasteiger partial charge in [-0.15, -0.1) is 0 Å². The van der Waals surface area contributed by atoms with Crippen LogP contribution in [0.1, 0.15) is 12.0 Å². The van der Waals surface area contributed by atoms with Crippen molar-refractivity contribution in [1.82, 2.24) is 19.7 Å². The zero-order chi connectivity index (χ0) is 13.2. The molecule has 0 aliphatic carbocycles. The molecule has 19 heavy (non-hydrogen) atoms. The zero-order valence-corrected chi connectivity index (χ0v) is 11.6. The molecule has 0 spiro atoms. The molecule has 1 fully saturated rings. The highest BCUT2D eigenvalue weighted by Gasteiger charge is 2.19. The van der Waals surface area contributed by atoms with Crippen molar-refractivity contribution in [2.45, 2.75) is 12.8 Å². The molecule has 1 atom stereocenters. The Morgan fingerprint density at radius 1 is 1.26 bits per heavy atom. The van der Waals surface area contributed by atoms with Gasteiger partial charge in [0.05, 0.1) is 11.4 Å². The van der Waals surface area contributed by atoms with Gasteiger partial charge in [0, 0.05) is 26.0 Å². The van der Waals surface area contributed by atoms with Gasteiger partial charge < -0.3 is 4.90 Å². The molecule has 0 saturated carbocycles. The molecule has 1 aliphatic heterocycles. The van der Waals surface area contributed by atoms with Crippen LogP contribution in [0.4, 0.5) is 0 Å². The van der Waals surface area contributed by atoms with E-state index in [1.165, 1.54) is 25.1 Å². The molecule has 0 aromatic carbocycles. The maximum absolute atomic E-state index is 4.57. The van der Waals surface area contributed by atoms with Crippen molar-refractivity contribution in [3.63, 3.8) is 0 Å². The van der Waals surface area contributed by atoms with Crippen molar-refractivity contribution in [1.29, 1.82) is 0 Å². The second-order valence-corrected chi connectivity index (χ2v) is 5.51. The van der Waals surface area contributed by atoms with Gasteiger partial charge in [-0.25, -0.2) is 0 Å². The molecule has 1 saturated heterocycles. The monoisotopic (exact) mass is 256 g/mol. The first kappa shape index (κ1) is 12.4. The third kappa shape index (κ3) is 2.68. The van der Waals surface area contributed by atoms with Crippen LogP contribution in [-0.2, 0) is 13.5 Å². The van der Waals surface area contributed by atoms with Crippen LogP contribution in [0.5, 0.6) is 0 Å². The summed E-state index contributed by atoms with van der Waals surface area (Å²) in [5.74, 6) is 0.786. The van der Waals surface area contributed by atoms with Gasteiger partial charge in [-0.05, 0) is 50.0 Å². The average Bonchev–Trinajstić information content (AvgIpc) is 3.00. The Bertz CT molecular complexity index is 544. The Kier molecular flexibility index (Phi) is 3.34. The first-order chi connectivity index (χ1) is 9.22. The third-order valence-electron chi connectivity index (χ3n) is 3.92. The lowest BCUT2D eigenvalue weighted by Crippen LogP contribution is -2.15. The van der Waals surface area contributed by atoms with Crippen LogP contribution >= 0.6 is 0 Å². The molecule has 0 amide bonds. The summed E-state index contributed by atoms with van der Waals surface area (Å²) in [5, 5.41) is 4.18. The molecule has 0 bridgehead atoms. The van der Waals surface area contributed by atoms with E-state index < -0.39 is 0 Å². The minimum atomic E-state index is 0.786. The predicted octanol–water partition coefficient (Wildman–Crippen LogP) is 1.98. The van der Waals surface area contributed by atoms with Crippen molar-refractivity contribution in [2.24, 2.45) is 13.0 Å². The van der Waals surface area contributed by atoms with Crippen LogP contribution in [0.25, 0.3) is 11.4 Å². The molecule has 3 heterocycles. The van der Waals surface area contributed by atoms with Crippen molar-refractivity contribution >= 4 is 0 Å². The lowest BCUT2D eigenvalue weighted by molar-refractivity contribution is 0.394. The van der Waals surface area contributed by atoms with Crippen LogP contribution in [0.2, 0.25) is 0 Å². The van der Waals surface area contributed by atoms with Gasteiger partial charge in [-0.2, -0.15) is 5.10 Å². The summed E-state index contributed by atoms with van der Waals surface area (Å²) in [6.07, 6.45) is 6.27. The van der Waals surface area contributed by atoms with E-state index in [1.807, 2.05) is 24.0 Å². The Balaban J connectivity index is 1.71. The van der Waals surface area contributed by atoms with Gasteiger partial charge in [0.2, 0.25) is 0 Å². The molecule has 2 aromatic rings. The predicted molar refractivity (Wildman–Crippen MR) is 75.7 cm³/mol. The van der Waals surface area contributed by atoms with E-state index in [2.05, 4.69) is 34.2 Å². The maximum Gasteiger partial charge on any atom is 0.0883 e. The summed E-state index contributed by atoms with van der Waals surface area (Å²) >= 11 is 0. The second kappa shape index (κ2) is 5.13. The number of pyridine rings is 1. The molecule has 0 radical (unpaired) electrons. The molecule has 2 aromatic heterocycles. The number of hydrogen-bond donors (Lipinski definition) is 0. The van der Waals surface area contributed by atoms with Crippen LogP contribution in [0.3, 0.4) is 0 Å². The van der Waals surface area contributed by atoms with Gasteiger partial charge >= 0.3 is 0 Å². The van der Waals surface area contributed by atoms with E-state index in [0.29, 0.717) is 0 Å². The van der Waals surface area contributed by atoms with Gasteiger partial charge in [0.15, 0.2) is 0 Å². The molecule has 3 rings (SSSR count). The fourth-order valence-electron chi connectivity index (χ4n) is 2.85. The molecule has 0 N–H and O–H groups in total. The highest BCUT2D eigenvalue weighted by molar-refractivity contribution is 5.53. The quantitative estimate of drug-likeness (QED) is 0.842. The summed E-state index contributed by atoms with van der Waals surface area (Å²) in [4.78, 5) is 6.97. The van der Waals surface area contributed by atoms with Gasteiger partial charge in [-0.3, -0.25) is 9.67 Å². The summed E-state index contributed by atoms with van der Waals surface area (Å²) in [5.41, 5.74) is 3.39. The normalized spacial score (nSPS) is 20.0. The minimum Gasteiger partial charge on any atom is -0.306 e. The van der Waals surface area contributed by atoms with Crippen LogP contribution in [-0.4, -0.2) is 39.8 Å². The highest BCUT2D eigenvalue weighted by Crippen LogP contribution is 2.21. The molecule has 4 nitrogen and oxygen atoms in total. The fourth-order valence-corrected chi connectivity index (χ4v) is 2.85. The Hall–Kier alpha value is -1.68. The highest BCUT2D eigenvalue weighted by atomic mass is 15.3. The lowest BCUT2D eigenvalue weighted by Gasteiger charge is -2.10. The average molecular weight is 256 g/mol. The van der Waals surface area contributed by atoms with Gasteiger partial charge in [0.1, 0.15) is 0 Å². The smallest absolute Gasteiger partial charge is 0.0883 e. The van der Waals surface area contributed by atoms with Crippen LogP contribution in [0.15, 0.2) is 30.6 Å². The molecular weight excluding hydrogens is 236 g/mol. The van der Waals surface area contributed by atoms with Gasteiger partial charge in [0.25, 0.3) is 0 Å². The summed E-state index contributed by atoms with van der Waals surface area (Å²) in [6, 6.07) is 6.30. The topological polar surface area (TPSA) is 34.0 Å². The van der Waals surface area contributed by atoms with E-state index in [0.717, 1.165) is 23.7 Å². The van der Waals surface area contributed by atoms with Crippen molar-refractivity contribution in [2.75, 3.05) is 20.1 Å². The van der Waals surface area contributed by atoms with E-state index in [-0.39, 0.29) is 0 Å². The number of aromatic nitrogens is 3. The standard InChI is InChI=1S/C15H20N4/c1-18-8-6-13(11-18)9-12-3-4-14(16-10-12)15-5-7-17-19(15)2/h3-5,7,10,13H,6,8-9,11H2,1-2H3. The van der Waals surface area contributed by atoms with Gasteiger partial charge in [-0.1, -0.05) is 6.07 Å². The number of aryl methyl sites for hydroxylation is 1. The minimum absolute atomic E-state index is 0.786. The Labute approximate surface area is 114 Å². The molecule has 1 unspecified atom stereocenters.